The Morgan fingerprint density at radius 1 is 1.26 bits per heavy atom. The normalized spacial score (nSPS) is 10.6. The van der Waals surface area contributed by atoms with Gasteiger partial charge in [0.15, 0.2) is 5.76 Å². The summed E-state index contributed by atoms with van der Waals surface area (Å²) in [5, 5.41) is 2.67. The average Bonchev–Trinajstić information content (AvgIpc) is 3.00. The summed E-state index contributed by atoms with van der Waals surface area (Å²) in [5.74, 6) is -0.00658. The van der Waals surface area contributed by atoms with Crippen molar-refractivity contribution in [2.24, 2.45) is 0 Å². The maximum atomic E-state index is 13.7. The Morgan fingerprint density at radius 2 is 2.04 bits per heavy atom. The molecule has 3 rings (SSSR count). The lowest BCUT2D eigenvalue weighted by Crippen LogP contribution is -2.13. The summed E-state index contributed by atoms with van der Waals surface area (Å²) in [6.07, 6.45) is 1.59. The van der Waals surface area contributed by atoms with E-state index in [1.165, 1.54) is 12.1 Å². The smallest absolute Gasteiger partial charge is 0.292 e. The molecular weight excluding hydrogens is 363 g/mol. The predicted molar refractivity (Wildman–Crippen MR) is 88.7 cm³/mol. The van der Waals surface area contributed by atoms with E-state index in [2.05, 4.69) is 26.2 Å². The van der Waals surface area contributed by atoms with Crippen LogP contribution in [0, 0.1) is 12.7 Å². The maximum Gasteiger partial charge on any atom is 0.292 e. The molecule has 1 aromatic carbocycles. The number of anilines is 1. The zero-order chi connectivity index (χ0) is 16.4. The number of aromatic nitrogens is 1. The molecule has 2 aromatic heterocycles. The summed E-state index contributed by atoms with van der Waals surface area (Å²) in [5.41, 5.74) is 1.12. The van der Waals surface area contributed by atoms with Crippen molar-refractivity contribution in [1.29, 1.82) is 0 Å². The first-order chi connectivity index (χ1) is 11.0. The summed E-state index contributed by atoms with van der Waals surface area (Å²) in [6.45, 7) is 1.83. The minimum atomic E-state index is -0.439. The number of aryl methyl sites for hydroxylation is 1. The molecule has 0 saturated heterocycles. The van der Waals surface area contributed by atoms with Crippen molar-refractivity contribution in [3.63, 3.8) is 0 Å². The average molecular weight is 375 g/mol. The number of carbonyl (C=O) groups excluding carboxylic acids is 1. The number of halogens is 2. The standard InChI is InChI=1S/C17H12BrFN2O2/c1-10-8-11(18)9-20-16(10)21-17(22)15-7-6-14(23-15)12-4-2-3-5-13(12)19/h2-9H,1H3,(H,20,21,22). The minimum Gasteiger partial charge on any atom is -0.451 e. The fraction of sp³-hybridized carbons (Fsp3) is 0.0588. The topological polar surface area (TPSA) is 55.1 Å². The highest BCUT2D eigenvalue weighted by Crippen LogP contribution is 2.25. The number of nitrogens with one attached hydrogen (secondary N) is 1. The van der Waals surface area contributed by atoms with E-state index in [1.54, 1.807) is 30.5 Å². The molecule has 0 saturated carbocycles. The van der Waals surface area contributed by atoms with Gasteiger partial charge in [-0.25, -0.2) is 9.37 Å². The third kappa shape index (κ3) is 3.32. The van der Waals surface area contributed by atoms with Gasteiger partial charge in [0, 0.05) is 10.7 Å². The number of furan rings is 1. The van der Waals surface area contributed by atoms with Gasteiger partial charge in [-0.3, -0.25) is 4.79 Å². The van der Waals surface area contributed by atoms with Gasteiger partial charge in [-0.15, -0.1) is 0 Å². The van der Waals surface area contributed by atoms with Crippen LogP contribution in [0.1, 0.15) is 16.1 Å². The van der Waals surface area contributed by atoms with Gasteiger partial charge < -0.3 is 9.73 Å². The highest BCUT2D eigenvalue weighted by molar-refractivity contribution is 9.10. The largest absolute Gasteiger partial charge is 0.451 e. The second-order valence-corrected chi connectivity index (χ2v) is 5.83. The first-order valence-electron chi connectivity index (χ1n) is 6.83. The Kier molecular flexibility index (Phi) is 4.25. The Labute approximate surface area is 140 Å². The van der Waals surface area contributed by atoms with E-state index in [9.17, 15) is 9.18 Å². The SMILES string of the molecule is Cc1cc(Br)cnc1NC(=O)c1ccc(-c2ccccc2F)o1. The third-order valence-electron chi connectivity index (χ3n) is 3.25. The van der Waals surface area contributed by atoms with Crippen LogP contribution in [0.25, 0.3) is 11.3 Å². The molecular formula is C17H12BrFN2O2. The van der Waals surface area contributed by atoms with Crippen LogP contribution in [0.5, 0.6) is 0 Å². The van der Waals surface area contributed by atoms with Gasteiger partial charge in [0.05, 0.1) is 5.56 Å². The lowest BCUT2D eigenvalue weighted by molar-refractivity contribution is 0.0997. The lowest BCUT2D eigenvalue weighted by atomic mass is 10.1. The van der Waals surface area contributed by atoms with E-state index in [0.717, 1.165) is 10.0 Å². The quantitative estimate of drug-likeness (QED) is 0.715. The fourth-order valence-electron chi connectivity index (χ4n) is 2.11. The molecule has 23 heavy (non-hydrogen) atoms. The molecule has 3 aromatic rings. The van der Waals surface area contributed by atoms with Gasteiger partial charge in [-0.2, -0.15) is 0 Å². The van der Waals surface area contributed by atoms with Gasteiger partial charge in [0.1, 0.15) is 17.4 Å². The van der Waals surface area contributed by atoms with Crippen LogP contribution in [-0.4, -0.2) is 10.9 Å². The predicted octanol–water partition coefficient (Wildman–Crippen LogP) is 4.80. The van der Waals surface area contributed by atoms with Gasteiger partial charge in [-0.1, -0.05) is 12.1 Å². The number of amides is 1. The molecule has 0 aliphatic carbocycles. The van der Waals surface area contributed by atoms with Crippen LogP contribution in [0.15, 0.2) is 57.6 Å². The van der Waals surface area contributed by atoms with Crippen molar-refractivity contribution in [1.82, 2.24) is 4.98 Å². The molecule has 0 atom stereocenters. The maximum absolute atomic E-state index is 13.7. The summed E-state index contributed by atoms with van der Waals surface area (Å²) in [6, 6.07) is 11.1. The third-order valence-corrected chi connectivity index (χ3v) is 3.68. The molecule has 116 valence electrons. The molecule has 0 radical (unpaired) electrons. The molecule has 0 aliphatic heterocycles. The van der Waals surface area contributed by atoms with Gasteiger partial charge >= 0.3 is 0 Å². The Bertz CT molecular complexity index is 877. The molecule has 4 nitrogen and oxygen atoms in total. The highest BCUT2D eigenvalue weighted by Gasteiger charge is 2.15. The molecule has 6 heteroatoms. The zero-order valence-electron chi connectivity index (χ0n) is 12.1. The Hall–Kier alpha value is -2.47. The number of nitrogens with zero attached hydrogens (tertiary/aromatic N) is 1. The van der Waals surface area contributed by atoms with Crippen LogP contribution >= 0.6 is 15.9 Å². The molecule has 1 N–H and O–H groups in total. The van der Waals surface area contributed by atoms with Gasteiger partial charge in [0.25, 0.3) is 5.91 Å². The first-order valence-corrected chi connectivity index (χ1v) is 7.62. The van der Waals surface area contributed by atoms with Gasteiger partial charge in [0.2, 0.25) is 0 Å². The zero-order valence-corrected chi connectivity index (χ0v) is 13.7. The summed E-state index contributed by atoms with van der Waals surface area (Å²) < 4.78 is 20.0. The second kappa shape index (κ2) is 6.34. The molecule has 0 bridgehead atoms. The molecule has 0 unspecified atom stereocenters. The van der Waals surface area contributed by atoms with Crippen molar-refractivity contribution in [3.8, 4) is 11.3 Å². The van der Waals surface area contributed by atoms with Crippen LogP contribution in [0.4, 0.5) is 10.2 Å². The van der Waals surface area contributed by atoms with E-state index in [1.807, 2.05) is 13.0 Å². The van der Waals surface area contributed by atoms with E-state index >= 15 is 0 Å². The monoisotopic (exact) mass is 374 g/mol. The van der Waals surface area contributed by atoms with Crippen molar-refractivity contribution >= 4 is 27.7 Å². The van der Waals surface area contributed by atoms with E-state index in [-0.39, 0.29) is 5.76 Å². The summed E-state index contributed by atoms with van der Waals surface area (Å²) in [7, 11) is 0. The van der Waals surface area contributed by atoms with Crippen LogP contribution in [-0.2, 0) is 0 Å². The molecule has 0 fully saturated rings. The number of hydrogen-bond acceptors (Lipinski definition) is 3. The Morgan fingerprint density at radius 3 is 2.78 bits per heavy atom. The van der Waals surface area contributed by atoms with Crippen molar-refractivity contribution in [2.45, 2.75) is 6.92 Å². The molecule has 0 aliphatic rings. The van der Waals surface area contributed by atoms with E-state index < -0.39 is 11.7 Å². The van der Waals surface area contributed by atoms with Crippen molar-refractivity contribution in [3.05, 3.63) is 70.3 Å². The Balaban J connectivity index is 1.83. The fourth-order valence-corrected chi connectivity index (χ4v) is 2.55. The molecule has 2 heterocycles. The number of benzene rings is 1. The lowest BCUT2D eigenvalue weighted by Gasteiger charge is -2.06. The first kappa shape index (κ1) is 15.4. The minimum absolute atomic E-state index is 0.0902. The van der Waals surface area contributed by atoms with Gasteiger partial charge in [-0.05, 0) is 58.7 Å². The highest BCUT2D eigenvalue weighted by atomic mass is 79.9. The van der Waals surface area contributed by atoms with Crippen molar-refractivity contribution in [2.75, 3.05) is 5.32 Å². The van der Waals surface area contributed by atoms with E-state index in [0.29, 0.717) is 17.1 Å². The number of rotatable bonds is 3. The molecule has 1 amide bonds. The van der Waals surface area contributed by atoms with Crippen LogP contribution < -0.4 is 5.32 Å². The number of carbonyl (C=O) groups is 1. The summed E-state index contributed by atoms with van der Waals surface area (Å²) >= 11 is 3.31. The summed E-state index contributed by atoms with van der Waals surface area (Å²) in [4.78, 5) is 16.4. The molecule has 0 spiro atoms. The number of pyridine rings is 1. The number of hydrogen-bond donors (Lipinski definition) is 1. The van der Waals surface area contributed by atoms with Crippen LogP contribution in [0.2, 0.25) is 0 Å². The van der Waals surface area contributed by atoms with Crippen LogP contribution in [0.3, 0.4) is 0 Å². The second-order valence-electron chi connectivity index (χ2n) is 4.92. The van der Waals surface area contributed by atoms with E-state index in [4.69, 9.17) is 4.42 Å². The van der Waals surface area contributed by atoms with Crippen molar-refractivity contribution < 1.29 is 13.6 Å².